The van der Waals surface area contributed by atoms with Gasteiger partial charge in [-0.3, -0.25) is 9.59 Å². The maximum Gasteiger partial charge on any atom is 0.573 e. The van der Waals surface area contributed by atoms with E-state index in [1.54, 1.807) is 6.07 Å². The number of fused-ring (bicyclic) bond motifs is 1. The molecular weight excluding hydrogens is 523 g/mol. The van der Waals surface area contributed by atoms with Gasteiger partial charge in [-0.2, -0.15) is 4.99 Å². The number of carbonyl (C=O) groups is 2. The number of alkyl halides is 3. The molecule has 0 fully saturated rings. The van der Waals surface area contributed by atoms with Crippen molar-refractivity contribution >= 4 is 29.3 Å². The van der Waals surface area contributed by atoms with Crippen molar-refractivity contribution in [3.8, 4) is 5.75 Å². The number of nitrogens with zero attached hydrogens (tertiary/aromatic N) is 2. The lowest BCUT2D eigenvalue weighted by Gasteiger charge is -2.16. The van der Waals surface area contributed by atoms with Crippen LogP contribution in [0.25, 0.3) is 0 Å². The molecule has 0 saturated heterocycles. The third-order valence-corrected chi connectivity index (χ3v) is 6.26. The number of amidine groups is 1. The molecule has 0 saturated carbocycles. The van der Waals surface area contributed by atoms with Gasteiger partial charge in [-0.1, -0.05) is 49.2 Å². The van der Waals surface area contributed by atoms with Gasteiger partial charge in [-0.25, -0.2) is 0 Å². The first kappa shape index (κ1) is 29.2. The Bertz CT molecular complexity index is 1230. The van der Waals surface area contributed by atoms with Gasteiger partial charge in [0.1, 0.15) is 11.6 Å². The summed E-state index contributed by atoms with van der Waals surface area (Å²) >= 11 is 6.38. The first-order chi connectivity index (χ1) is 17.9. The minimum absolute atomic E-state index is 0.00270. The van der Waals surface area contributed by atoms with Crippen LogP contribution in [0.4, 0.5) is 13.2 Å². The first-order valence-corrected chi connectivity index (χ1v) is 12.4. The fraction of sp³-hybridized carbons (Fsp3) is 0.370. The lowest BCUT2D eigenvalue weighted by Crippen LogP contribution is -2.23. The summed E-state index contributed by atoms with van der Waals surface area (Å²) in [5.74, 6) is -1.22. The third kappa shape index (κ3) is 8.06. The first-order valence-electron chi connectivity index (χ1n) is 12.0. The third-order valence-electron chi connectivity index (χ3n) is 5.96. The lowest BCUT2D eigenvalue weighted by atomic mass is 10.0. The molecule has 1 aliphatic rings. The van der Waals surface area contributed by atoms with E-state index in [1.807, 2.05) is 6.92 Å². The molecule has 2 amide bonds. The van der Waals surface area contributed by atoms with Crippen LogP contribution in [0.3, 0.4) is 0 Å². The van der Waals surface area contributed by atoms with Crippen molar-refractivity contribution in [3.63, 3.8) is 0 Å². The minimum Gasteiger partial charge on any atom is -0.406 e. The number of hydrogen-bond acceptors (Lipinski definition) is 4. The molecule has 0 spiro atoms. The van der Waals surface area contributed by atoms with E-state index in [1.165, 1.54) is 35.2 Å². The molecule has 204 valence electrons. The van der Waals surface area contributed by atoms with E-state index in [0.717, 1.165) is 6.42 Å². The van der Waals surface area contributed by atoms with Crippen LogP contribution in [0.1, 0.15) is 66.1 Å². The zero-order valence-corrected chi connectivity index (χ0v) is 21.6. The van der Waals surface area contributed by atoms with Gasteiger partial charge in [-0.15, -0.1) is 13.2 Å². The van der Waals surface area contributed by atoms with Crippen LogP contribution in [-0.2, 0) is 17.9 Å². The molecular formula is C27H29ClF3N3O4. The molecule has 0 aromatic heterocycles. The standard InChI is InChI=1S/C27H29ClF3N3O4/c1-3-4-20(35)8-5-16(2)11-23(36)33-25(32)18-12-19-15-34(26(37)24(19)22(28)13-18)14-17-6-9-21(10-7-17)38-27(29,30)31/h6-7,9-10,12-13,20,35H,2-5,8,11,14-15H2,1H3,(H2,32,33,36). The van der Waals surface area contributed by atoms with Gasteiger partial charge < -0.3 is 20.5 Å². The Morgan fingerprint density at radius 3 is 2.58 bits per heavy atom. The highest BCUT2D eigenvalue weighted by Crippen LogP contribution is 2.32. The van der Waals surface area contributed by atoms with Gasteiger partial charge in [0, 0.05) is 25.1 Å². The van der Waals surface area contributed by atoms with E-state index in [-0.39, 0.29) is 42.0 Å². The second-order valence-electron chi connectivity index (χ2n) is 9.14. The van der Waals surface area contributed by atoms with Crippen molar-refractivity contribution in [2.75, 3.05) is 0 Å². The van der Waals surface area contributed by atoms with E-state index in [2.05, 4.69) is 16.3 Å². The molecule has 0 aliphatic carbocycles. The molecule has 1 heterocycles. The number of aliphatic hydroxyl groups is 1. The Balaban J connectivity index is 1.65. The Hall–Kier alpha value is -3.37. The van der Waals surface area contributed by atoms with Crippen molar-refractivity contribution in [1.82, 2.24) is 4.90 Å². The lowest BCUT2D eigenvalue weighted by molar-refractivity contribution is -0.274. The summed E-state index contributed by atoms with van der Waals surface area (Å²) in [4.78, 5) is 30.7. The van der Waals surface area contributed by atoms with E-state index < -0.39 is 18.4 Å². The average Bonchev–Trinajstić information content (AvgIpc) is 3.13. The Morgan fingerprint density at radius 2 is 1.95 bits per heavy atom. The molecule has 1 unspecified atom stereocenters. The van der Waals surface area contributed by atoms with Gasteiger partial charge in [-0.05, 0) is 54.7 Å². The van der Waals surface area contributed by atoms with E-state index >= 15 is 0 Å². The SMILES string of the molecule is C=C(CCC(O)CCC)CC(=O)N=C(N)c1cc(Cl)c2c(c1)CN(Cc1ccc(OC(F)(F)F)cc1)C2=O. The number of rotatable bonds is 11. The summed E-state index contributed by atoms with van der Waals surface area (Å²) in [6, 6.07) is 8.35. The topological polar surface area (TPSA) is 105 Å². The number of benzene rings is 2. The Kier molecular flexibility index (Phi) is 9.56. The number of hydrogen-bond donors (Lipinski definition) is 2. The smallest absolute Gasteiger partial charge is 0.406 e. The fourth-order valence-electron chi connectivity index (χ4n) is 4.14. The van der Waals surface area contributed by atoms with Crippen LogP contribution >= 0.6 is 11.6 Å². The van der Waals surface area contributed by atoms with Crippen LogP contribution in [0, 0.1) is 0 Å². The monoisotopic (exact) mass is 551 g/mol. The number of aliphatic imine (C=N–C) groups is 1. The van der Waals surface area contributed by atoms with Gasteiger partial charge >= 0.3 is 6.36 Å². The summed E-state index contributed by atoms with van der Waals surface area (Å²) in [6.07, 6.45) is -2.64. The van der Waals surface area contributed by atoms with Crippen LogP contribution in [0.15, 0.2) is 53.5 Å². The average molecular weight is 552 g/mol. The molecule has 0 bridgehead atoms. The molecule has 1 atom stereocenters. The van der Waals surface area contributed by atoms with Crippen LogP contribution in [0.5, 0.6) is 5.75 Å². The molecule has 1 aliphatic heterocycles. The van der Waals surface area contributed by atoms with E-state index in [9.17, 15) is 27.9 Å². The molecule has 3 N–H and O–H groups in total. The number of amides is 2. The van der Waals surface area contributed by atoms with E-state index in [4.69, 9.17) is 17.3 Å². The summed E-state index contributed by atoms with van der Waals surface area (Å²) in [7, 11) is 0. The maximum atomic E-state index is 12.9. The molecule has 38 heavy (non-hydrogen) atoms. The zero-order chi connectivity index (χ0) is 28.0. The maximum absolute atomic E-state index is 12.9. The van der Waals surface area contributed by atoms with Crippen LogP contribution < -0.4 is 10.5 Å². The summed E-state index contributed by atoms with van der Waals surface area (Å²) in [5.41, 5.74) is 8.58. The number of ether oxygens (including phenoxy) is 1. The predicted molar refractivity (Wildman–Crippen MR) is 138 cm³/mol. The largest absolute Gasteiger partial charge is 0.573 e. The molecule has 2 aromatic carbocycles. The van der Waals surface area contributed by atoms with Crippen molar-refractivity contribution in [1.29, 1.82) is 0 Å². The normalized spacial score (nSPS) is 14.4. The van der Waals surface area contributed by atoms with Gasteiger partial charge in [0.25, 0.3) is 11.8 Å². The highest BCUT2D eigenvalue weighted by atomic mass is 35.5. The summed E-state index contributed by atoms with van der Waals surface area (Å²) < 4.78 is 41.0. The van der Waals surface area contributed by atoms with Crippen molar-refractivity contribution in [2.45, 2.75) is 64.6 Å². The highest BCUT2D eigenvalue weighted by Gasteiger charge is 2.32. The summed E-state index contributed by atoms with van der Waals surface area (Å²) in [5, 5.41) is 9.99. The number of aliphatic hydroxyl groups excluding tert-OH is 1. The highest BCUT2D eigenvalue weighted by molar-refractivity contribution is 6.34. The predicted octanol–water partition coefficient (Wildman–Crippen LogP) is 5.51. The number of halogens is 4. The number of nitrogens with two attached hydrogens (primary N) is 1. The van der Waals surface area contributed by atoms with Crippen LogP contribution in [-0.4, -0.2) is 40.1 Å². The second kappa shape index (κ2) is 12.4. The second-order valence-corrected chi connectivity index (χ2v) is 9.55. The van der Waals surface area contributed by atoms with Crippen molar-refractivity contribution < 1.29 is 32.6 Å². The summed E-state index contributed by atoms with van der Waals surface area (Å²) in [6.45, 7) is 6.20. The van der Waals surface area contributed by atoms with Gasteiger partial charge in [0.05, 0.1) is 16.7 Å². The molecule has 7 nitrogen and oxygen atoms in total. The molecule has 2 aromatic rings. The fourth-order valence-corrected chi connectivity index (χ4v) is 4.46. The molecule has 11 heteroatoms. The Morgan fingerprint density at radius 1 is 1.26 bits per heavy atom. The van der Waals surface area contributed by atoms with Gasteiger partial charge in [0.15, 0.2) is 0 Å². The van der Waals surface area contributed by atoms with Crippen LogP contribution in [0.2, 0.25) is 5.02 Å². The minimum atomic E-state index is -4.79. The zero-order valence-electron chi connectivity index (χ0n) is 20.9. The number of carbonyl (C=O) groups excluding carboxylic acids is 2. The van der Waals surface area contributed by atoms with E-state index in [0.29, 0.717) is 47.1 Å². The van der Waals surface area contributed by atoms with Crippen molar-refractivity contribution in [3.05, 3.63) is 75.8 Å². The molecule has 3 rings (SSSR count). The molecule has 0 radical (unpaired) electrons. The van der Waals surface area contributed by atoms with Gasteiger partial charge in [0.2, 0.25) is 0 Å². The Labute approximate surface area is 223 Å². The quantitative estimate of drug-likeness (QED) is 0.217. The van der Waals surface area contributed by atoms with Crippen molar-refractivity contribution in [2.24, 2.45) is 10.7 Å².